The first-order valence-electron chi connectivity index (χ1n) is 8.02. The van der Waals surface area contributed by atoms with Crippen LogP contribution < -0.4 is 0 Å². The van der Waals surface area contributed by atoms with E-state index in [2.05, 4.69) is 11.0 Å². The average Bonchev–Trinajstić information content (AvgIpc) is 3.22. The van der Waals surface area contributed by atoms with Crippen molar-refractivity contribution in [1.82, 2.24) is 9.88 Å². The average molecular weight is 337 g/mol. The van der Waals surface area contributed by atoms with E-state index in [0.29, 0.717) is 17.7 Å². The highest BCUT2D eigenvalue weighted by atomic mass is 32.1. The minimum absolute atomic E-state index is 0.248. The van der Waals surface area contributed by atoms with Crippen molar-refractivity contribution in [2.75, 3.05) is 6.54 Å². The lowest BCUT2D eigenvalue weighted by Crippen LogP contribution is -2.23. The van der Waals surface area contributed by atoms with Crippen molar-refractivity contribution in [3.63, 3.8) is 0 Å². The first-order chi connectivity index (χ1) is 11.7. The fourth-order valence-corrected chi connectivity index (χ4v) is 4.43. The molecular weight excluding hydrogens is 321 g/mol. The van der Waals surface area contributed by atoms with Crippen LogP contribution in [0.3, 0.4) is 0 Å². The first kappa shape index (κ1) is 15.3. The molecule has 3 aromatic rings. The van der Waals surface area contributed by atoms with Crippen LogP contribution in [0.2, 0.25) is 0 Å². The van der Waals surface area contributed by atoms with Crippen LogP contribution in [0.4, 0.5) is 4.39 Å². The van der Waals surface area contributed by atoms with E-state index in [1.807, 2.05) is 24.3 Å². The second kappa shape index (κ2) is 6.31. The molecule has 1 aliphatic rings. The lowest BCUT2D eigenvalue weighted by molar-refractivity contribution is 0.245. The van der Waals surface area contributed by atoms with Crippen LogP contribution in [-0.4, -0.2) is 16.4 Å². The summed E-state index contributed by atoms with van der Waals surface area (Å²) in [5.41, 5.74) is 2.04. The Morgan fingerprint density at radius 3 is 2.96 bits per heavy atom. The minimum Gasteiger partial charge on any atom is -0.290 e. The topological polar surface area (TPSA) is 39.9 Å². The van der Waals surface area contributed by atoms with Gasteiger partial charge in [-0.15, -0.1) is 11.3 Å². The van der Waals surface area contributed by atoms with Crippen molar-refractivity contribution in [2.24, 2.45) is 0 Å². The summed E-state index contributed by atoms with van der Waals surface area (Å²) in [5, 5.41) is 9.98. The second-order valence-electron chi connectivity index (χ2n) is 6.07. The number of halogens is 1. The number of nitrogens with zero attached hydrogens (tertiary/aromatic N) is 3. The van der Waals surface area contributed by atoms with Gasteiger partial charge in [0.2, 0.25) is 0 Å². The molecule has 1 saturated heterocycles. The largest absolute Gasteiger partial charge is 0.290 e. The van der Waals surface area contributed by atoms with Gasteiger partial charge in [0.05, 0.1) is 27.9 Å². The van der Waals surface area contributed by atoms with Crippen molar-refractivity contribution in [2.45, 2.75) is 25.4 Å². The van der Waals surface area contributed by atoms with E-state index >= 15 is 0 Å². The molecule has 0 radical (unpaired) electrons. The lowest BCUT2D eigenvalue weighted by atomic mass is 10.1. The summed E-state index contributed by atoms with van der Waals surface area (Å²) >= 11 is 1.73. The molecule has 0 aliphatic carbocycles. The zero-order valence-corrected chi connectivity index (χ0v) is 13.9. The number of thiazole rings is 1. The molecule has 0 amide bonds. The quantitative estimate of drug-likeness (QED) is 0.699. The molecule has 0 bridgehead atoms. The SMILES string of the molecule is N#Cc1ccc(CN2CCC[C@H]2c2nc3ccccc3s2)c(F)c1. The normalized spacial score (nSPS) is 18.1. The molecule has 0 unspecified atom stereocenters. The van der Waals surface area contributed by atoms with Gasteiger partial charge < -0.3 is 0 Å². The number of likely N-dealkylation sites (tertiary alicyclic amines) is 1. The lowest BCUT2D eigenvalue weighted by Gasteiger charge is -2.23. The van der Waals surface area contributed by atoms with Crippen LogP contribution >= 0.6 is 11.3 Å². The molecule has 1 fully saturated rings. The van der Waals surface area contributed by atoms with Gasteiger partial charge in [-0.2, -0.15) is 5.26 Å². The number of para-hydroxylation sites is 1. The van der Waals surface area contributed by atoms with Gasteiger partial charge in [0.1, 0.15) is 10.8 Å². The van der Waals surface area contributed by atoms with E-state index in [4.69, 9.17) is 10.2 Å². The summed E-state index contributed by atoms with van der Waals surface area (Å²) in [4.78, 5) is 7.07. The van der Waals surface area contributed by atoms with E-state index < -0.39 is 0 Å². The van der Waals surface area contributed by atoms with Crippen molar-refractivity contribution in [3.05, 3.63) is 64.4 Å². The van der Waals surface area contributed by atoms with Crippen LogP contribution in [0.1, 0.15) is 35.0 Å². The predicted octanol–water partition coefficient (Wildman–Crippen LogP) is 4.64. The summed E-state index contributed by atoms with van der Waals surface area (Å²) in [6, 6.07) is 15.1. The van der Waals surface area contributed by atoms with Gasteiger partial charge in [-0.25, -0.2) is 9.37 Å². The zero-order valence-electron chi connectivity index (χ0n) is 13.1. The maximum absolute atomic E-state index is 14.2. The Balaban J connectivity index is 1.60. The van der Waals surface area contributed by atoms with Crippen LogP contribution in [0, 0.1) is 17.1 Å². The molecule has 3 nitrogen and oxygen atoms in total. The predicted molar refractivity (Wildman–Crippen MR) is 93.1 cm³/mol. The highest BCUT2D eigenvalue weighted by Gasteiger charge is 2.29. The Labute approximate surface area is 144 Å². The van der Waals surface area contributed by atoms with Gasteiger partial charge in [0, 0.05) is 12.1 Å². The fourth-order valence-electron chi connectivity index (χ4n) is 3.29. The number of benzene rings is 2. The molecule has 0 N–H and O–H groups in total. The van der Waals surface area contributed by atoms with E-state index in [1.165, 1.54) is 10.8 Å². The molecule has 1 aliphatic heterocycles. The Morgan fingerprint density at radius 1 is 1.29 bits per heavy atom. The summed E-state index contributed by atoms with van der Waals surface area (Å²) in [5.74, 6) is -0.302. The maximum atomic E-state index is 14.2. The summed E-state index contributed by atoms with van der Waals surface area (Å²) in [7, 11) is 0. The van der Waals surface area contributed by atoms with Gasteiger partial charge in [-0.1, -0.05) is 18.2 Å². The number of aromatic nitrogens is 1. The van der Waals surface area contributed by atoms with E-state index in [0.717, 1.165) is 29.9 Å². The number of hydrogen-bond donors (Lipinski definition) is 0. The molecule has 1 aromatic heterocycles. The minimum atomic E-state index is -0.302. The van der Waals surface area contributed by atoms with Crippen molar-refractivity contribution < 1.29 is 4.39 Å². The molecule has 120 valence electrons. The van der Waals surface area contributed by atoms with Gasteiger partial charge in [-0.3, -0.25) is 4.90 Å². The van der Waals surface area contributed by atoms with Gasteiger partial charge >= 0.3 is 0 Å². The highest BCUT2D eigenvalue weighted by Crippen LogP contribution is 2.37. The summed E-state index contributed by atoms with van der Waals surface area (Å²) in [6.07, 6.45) is 2.15. The molecule has 2 heterocycles. The molecule has 4 rings (SSSR count). The van der Waals surface area contributed by atoms with Crippen LogP contribution in [0.5, 0.6) is 0 Å². The van der Waals surface area contributed by atoms with E-state index in [9.17, 15) is 4.39 Å². The van der Waals surface area contributed by atoms with Crippen molar-refractivity contribution in [1.29, 1.82) is 5.26 Å². The molecular formula is C19H16FN3S. The molecule has 0 spiro atoms. The third-order valence-electron chi connectivity index (χ3n) is 4.51. The van der Waals surface area contributed by atoms with Gasteiger partial charge in [-0.05, 0) is 43.7 Å². The van der Waals surface area contributed by atoms with E-state index in [-0.39, 0.29) is 11.9 Å². The highest BCUT2D eigenvalue weighted by molar-refractivity contribution is 7.18. The third kappa shape index (κ3) is 2.79. The van der Waals surface area contributed by atoms with Crippen molar-refractivity contribution in [3.8, 4) is 6.07 Å². The molecule has 1 atom stereocenters. The maximum Gasteiger partial charge on any atom is 0.129 e. The zero-order chi connectivity index (χ0) is 16.5. The fraction of sp³-hybridized carbons (Fsp3) is 0.263. The Bertz CT molecular complexity index is 895. The Kier molecular flexibility index (Phi) is 4.01. The Hall–Kier alpha value is -2.29. The summed E-state index contributed by atoms with van der Waals surface area (Å²) < 4.78 is 15.4. The first-order valence-corrected chi connectivity index (χ1v) is 8.84. The van der Waals surface area contributed by atoms with E-state index in [1.54, 1.807) is 23.5 Å². The smallest absolute Gasteiger partial charge is 0.129 e. The van der Waals surface area contributed by atoms with Gasteiger partial charge in [0.15, 0.2) is 0 Å². The molecule has 2 aromatic carbocycles. The number of nitriles is 1. The summed E-state index contributed by atoms with van der Waals surface area (Å²) in [6.45, 7) is 1.50. The number of hydrogen-bond acceptors (Lipinski definition) is 4. The standard InChI is InChI=1S/C19H16FN3S/c20-15-10-13(11-21)7-8-14(15)12-23-9-3-5-17(23)19-22-16-4-1-2-6-18(16)24-19/h1-2,4,6-8,10,17H,3,5,9,12H2/t17-/m0/s1. The van der Waals surface area contributed by atoms with Crippen LogP contribution in [-0.2, 0) is 6.54 Å². The second-order valence-corrected chi connectivity index (χ2v) is 7.13. The number of fused-ring (bicyclic) bond motifs is 1. The molecule has 0 saturated carbocycles. The van der Waals surface area contributed by atoms with Crippen molar-refractivity contribution >= 4 is 21.6 Å². The van der Waals surface area contributed by atoms with Crippen LogP contribution in [0.25, 0.3) is 10.2 Å². The number of rotatable bonds is 3. The van der Waals surface area contributed by atoms with Gasteiger partial charge in [0.25, 0.3) is 0 Å². The van der Waals surface area contributed by atoms with Crippen LogP contribution in [0.15, 0.2) is 42.5 Å². The molecule has 5 heteroatoms. The third-order valence-corrected chi connectivity index (χ3v) is 5.65. The molecule has 24 heavy (non-hydrogen) atoms. The monoisotopic (exact) mass is 337 g/mol. The Morgan fingerprint density at radius 2 is 2.17 bits per heavy atom.